The maximum Gasteiger partial charge on any atom is 0.136 e. The topological polar surface area (TPSA) is 20.3 Å². The number of carbonyl (C=O) groups is 1. The summed E-state index contributed by atoms with van der Waals surface area (Å²) >= 11 is 2.04. The predicted molar refractivity (Wildman–Crippen MR) is 72.4 cm³/mol. The molecule has 0 amide bonds. The second kappa shape index (κ2) is 4.93. The van der Waals surface area contributed by atoms with E-state index < -0.39 is 0 Å². The van der Waals surface area contributed by atoms with Crippen LogP contribution >= 0.6 is 11.8 Å². The highest BCUT2D eigenvalue weighted by Gasteiger charge is 2.44. The molecule has 0 aromatic rings. The molecule has 0 aromatic heterocycles. The number of rotatable bonds is 2. The summed E-state index contributed by atoms with van der Waals surface area (Å²) in [5.41, 5.74) is 0. The average Bonchev–Trinajstić information content (AvgIpc) is 2.62. The SMILES string of the molecule is CSC1CCCC(N2C3CCC2CC(=O)C3)C1. The zero-order valence-corrected chi connectivity index (χ0v) is 11.5. The molecule has 3 heteroatoms. The molecular weight excluding hydrogens is 230 g/mol. The number of hydrogen-bond donors (Lipinski definition) is 0. The molecule has 0 aromatic carbocycles. The molecule has 3 fully saturated rings. The zero-order valence-electron chi connectivity index (χ0n) is 10.7. The van der Waals surface area contributed by atoms with Crippen LogP contribution in [0.15, 0.2) is 0 Å². The first-order valence-electron chi connectivity index (χ1n) is 7.10. The number of hydrogen-bond acceptors (Lipinski definition) is 3. The Hall–Kier alpha value is -0.0200. The van der Waals surface area contributed by atoms with E-state index in [1.807, 2.05) is 11.8 Å². The largest absolute Gasteiger partial charge is 0.300 e. The monoisotopic (exact) mass is 253 g/mol. The van der Waals surface area contributed by atoms with E-state index in [9.17, 15) is 4.79 Å². The number of thioether (sulfide) groups is 1. The second-order valence-corrected chi connectivity index (χ2v) is 7.10. The lowest BCUT2D eigenvalue weighted by molar-refractivity contribution is -0.124. The summed E-state index contributed by atoms with van der Waals surface area (Å²) in [4.78, 5) is 14.4. The molecule has 1 saturated carbocycles. The van der Waals surface area contributed by atoms with Gasteiger partial charge in [-0.2, -0.15) is 11.8 Å². The third kappa shape index (κ3) is 2.28. The van der Waals surface area contributed by atoms with E-state index >= 15 is 0 Å². The minimum Gasteiger partial charge on any atom is -0.300 e. The number of ketones is 1. The molecule has 0 radical (unpaired) electrons. The smallest absolute Gasteiger partial charge is 0.136 e. The van der Waals surface area contributed by atoms with Crippen LogP contribution in [-0.4, -0.2) is 40.3 Å². The van der Waals surface area contributed by atoms with Crippen LogP contribution in [0.25, 0.3) is 0 Å². The Bertz CT molecular complexity index is 291. The van der Waals surface area contributed by atoms with Gasteiger partial charge < -0.3 is 0 Å². The first kappa shape index (κ1) is 12.0. The average molecular weight is 253 g/mol. The molecular formula is C14H23NOS. The lowest BCUT2D eigenvalue weighted by Gasteiger charge is -2.43. The Labute approximate surface area is 109 Å². The summed E-state index contributed by atoms with van der Waals surface area (Å²) in [6.45, 7) is 0. The highest BCUT2D eigenvalue weighted by atomic mass is 32.2. The molecule has 96 valence electrons. The molecule has 2 heterocycles. The molecule has 2 aliphatic heterocycles. The zero-order chi connectivity index (χ0) is 11.8. The van der Waals surface area contributed by atoms with Crippen LogP contribution in [-0.2, 0) is 4.79 Å². The molecule has 2 nitrogen and oxygen atoms in total. The van der Waals surface area contributed by atoms with Crippen molar-refractivity contribution >= 4 is 17.5 Å². The highest BCUT2D eigenvalue weighted by molar-refractivity contribution is 7.99. The van der Waals surface area contributed by atoms with Crippen LogP contribution in [0.4, 0.5) is 0 Å². The van der Waals surface area contributed by atoms with E-state index in [2.05, 4.69) is 11.2 Å². The van der Waals surface area contributed by atoms with Gasteiger partial charge in [0.05, 0.1) is 0 Å². The van der Waals surface area contributed by atoms with Crippen LogP contribution in [0.5, 0.6) is 0 Å². The highest BCUT2D eigenvalue weighted by Crippen LogP contribution is 2.40. The molecule has 0 spiro atoms. The molecule has 4 atom stereocenters. The second-order valence-electron chi connectivity index (χ2n) is 5.96. The molecule has 17 heavy (non-hydrogen) atoms. The van der Waals surface area contributed by atoms with Gasteiger partial charge in [0.2, 0.25) is 0 Å². The summed E-state index contributed by atoms with van der Waals surface area (Å²) in [5, 5.41) is 0.866. The minimum absolute atomic E-state index is 0.519. The molecule has 3 aliphatic rings. The molecule has 2 bridgehead atoms. The van der Waals surface area contributed by atoms with Crippen LogP contribution in [0, 0.1) is 0 Å². The Morgan fingerprint density at radius 1 is 1.06 bits per heavy atom. The summed E-state index contributed by atoms with van der Waals surface area (Å²) in [5.74, 6) is 0.519. The Morgan fingerprint density at radius 2 is 1.76 bits per heavy atom. The first-order valence-corrected chi connectivity index (χ1v) is 8.38. The van der Waals surface area contributed by atoms with Crippen molar-refractivity contribution in [3.05, 3.63) is 0 Å². The van der Waals surface area contributed by atoms with Gasteiger partial charge in [-0.25, -0.2) is 0 Å². The van der Waals surface area contributed by atoms with Crippen molar-refractivity contribution in [3.63, 3.8) is 0 Å². The van der Waals surface area contributed by atoms with Crippen LogP contribution in [0.2, 0.25) is 0 Å². The van der Waals surface area contributed by atoms with E-state index in [4.69, 9.17) is 0 Å². The quantitative estimate of drug-likeness (QED) is 0.755. The van der Waals surface area contributed by atoms with Crippen molar-refractivity contribution in [2.45, 2.75) is 74.7 Å². The lowest BCUT2D eigenvalue weighted by atomic mass is 9.89. The summed E-state index contributed by atoms with van der Waals surface area (Å²) in [7, 11) is 0. The van der Waals surface area contributed by atoms with Gasteiger partial charge in [-0.1, -0.05) is 6.42 Å². The standard InChI is InChI=1S/C14H23NOS/c1-17-14-4-2-3-10(9-14)15-11-5-6-12(15)8-13(16)7-11/h10-12,14H,2-9H2,1H3. The van der Waals surface area contributed by atoms with Crippen molar-refractivity contribution in [2.24, 2.45) is 0 Å². The van der Waals surface area contributed by atoms with E-state index in [0.29, 0.717) is 17.9 Å². The van der Waals surface area contributed by atoms with Gasteiger partial charge in [-0.15, -0.1) is 0 Å². The predicted octanol–water partition coefficient (Wildman–Crippen LogP) is 2.86. The molecule has 2 saturated heterocycles. The normalized spacial score (nSPS) is 43.0. The van der Waals surface area contributed by atoms with Crippen molar-refractivity contribution in [1.29, 1.82) is 0 Å². The summed E-state index contributed by atoms with van der Waals surface area (Å²) in [6.07, 6.45) is 12.0. The van der Waals surface area contributed by atoms with Crippen LogP contribution in [0.1, 0.15) is 51.4 Å². The fourth-order valence-electron chi connectivity index (χ4n) is 4.21. The van der Waals surface area contributed by atoms with Crippen molar-refractivity contribution in [1.82, 2.24) is 4.90 Å². The van der Waals surface area contributed by atoms with Crippen molar-refractivity contribution in [3.8, 4) is 0 Å². The minimum atomic E-state index is 0.519. The van der Waals surface area contributed by atoms with E-state index in [-0.39, 0.29) is 0 Å². The Balaban J connectivity index is 1.70. The van der Waals surface area contributed by atoms with E-state index in [1.54, 1.807) is 0 Å². The van der Waals surface area contributed by atoms with Crippen molar-refractivity contribution < 1.29 is 4.79 Å². The van der Waals surface area contributed by atoms with Crippen molar-refractivity contribution in [2.75, 3.05) is 6.26 Å². The molecule has 1 aliphatic carbocycles. The van der Waals surface area contributed by atoms with Gasteiger partial charge in [-0.05, 0) is 38.4 Å². The molecule has 3 rings (SSSR count). The van der Waals surface area contributed by atoms with Gasteiger partial charge in [-0.3, -0.25) is 9.69 Å². The Morgan fingerprint density at radius 3 is 2.41 bits per heavy atom. The van der Waals surface area contributed by atoms with Gasteiger partial charge in [0.15, 0.2) is 0 Å². The third-order valence-corrected chi connectivity index (χ3v) is 6.05. The fraction of sp³-hybridized carbons (Fsp3) is 0.929. The lowest BCUT2D eigenvalue weighted by Crippen LogP contribution is -2.50. The number of Topliss-reactive ketones (excluding diaryl/α,β-unsaturated/α-hetero) is 1. The number of fused-ring (bicyclic) bond motifs is 2. The molecule has 0 N–H and O–H groups in total. The first-order chi connectivity index (χ1) is 8.28. The Kier molecular flexibility index (Phi) is 3.49. The van der Waals surface area contributed by atoms with Gasteiger partial charge in [0.1, 0.15) is 5.78 Å². The van der Waals surface area contributed by atoms with E-state index in [1.165, 1.54) is 38.5 Å². The number of carbonyl (C=O) groups excluding carboxylic acids is 1. The van der Waals surface area contributed by atoms with Crippen LogP contribution in [0.3, 0.4) is 0 Å². The number of nitrogens with zero attached hydrogens (tertiary/aromatic N) is 1. The van der Waals surface area contributed by atoms with Gasteiger partial charge in [0.25, 0.3) is 0 Å². The maximum absolute atomic E-state index is 11.6. The summed E-state index contributed by atoms with van der Waals surface area (Å²) < 4.78 is 0. The summed E-state index contributed by atoms with van der Waals surface area (Å²) in [6, 6.07) is 1.99. The molecule has 4 unspecified atom stereocenters. The number of piperidine rings is 1. The van der Waals surface area contributed by atoms with Gasteiger partial charge in [0, 0.05) is 36.2 Å². The van der Waals surface area contributed by atoms with Crippen LogP contribution < -0.4 is 0 Å². The fourth-order valence-corrected chi connectivity index (χ4v) is 5.02. The van der Waals surface area contributed by atoms with E-state index in [0.717, 1.165) is 24.1 Å². The maximum atomic E-state index is 11.6. The third-order valence-electron chi connectivity index (χ3n) is 4.96. The van der Waals surface area contributed by atoms with Gasteiger partial charge >= 0.3 is 0 Å².